The van der Waals surface area contributed by atoms with Gasteiger partial charge in [-0.25, -0.2) is 9.18 Å². The number of carbonyl (C=O) groups excluding carboxylic acids is 2. The summed E-state index contributed by atoms with van der Waals surface area (Å²) in [6, 6.07) is 10.5. The minimum atomic E-state index is -0.576. The highest BCUT2D eigenvalue weighted by atomic mass is 35.5. The number of aromatic nitrogens is 1. The van der Waals surface area contributed by atoms with Gasteiger partial charge in [0.15, 0.2) is 5.78 Å². The van der Waals surface area contributed by atoms with Crippen LogP contribution in [-0.4, -0.2) is 30.4 Å². The van der Waals surface area contributed by atoms with Crippen LogP contribution in [0, 0.1) is 5.82 Å². The molecule has 5 nitrogen and oxygen atoms in total. The smallest absolute Gasteiger partial charge is 0.356 e. The van der Waals surface area contributed by atoms with Crippen molar-refractivity contribution in [3.63, 3.8) is 0 Å². The molecular formula is C18H14ClFN2O3. The summed E-state index contributed by atoms with van der Waals surface area (Å²) in [4.78, 5) is 27.2. The number of H-pyrrole nitrogens is 1. The van der Waals surface area contributed by atoms with E-state index in [9.17, 15) is 14.0 Å². The Morgan fingerprint density at radius 1 is 1.24 bits per heavy atom. The molecule has 1 aromatic heterocycles. The molecule has 3 rings (SSSR count). The van der Waals surface area contributed by atoms with E-state index in [2.05, 4.69) is 10.3 Å². The first-order chi connectivity index (χ1) is 12.0. The third-order valence-corrected chi connectivity index (χ3v) is 3.96. The second-order valence-corrected chi connectivity index (χ2v) is 5.78. The minimum Gasteiger partial charge on any atom is -0.464 e. The summed E-state index contributed by atoms with van der Waals surface area (Å²) in [5, 5.41) is 4.14. The van der Waals surface area contributed by atoms with E-state index < -0.39 is 11.8 Å². The Morgan fingerprint density at radius 2 is 2.04 bits per heavy atom. The van der Waals surface area contributed by atoms with Gasteiger partial charge in [-0.1, -0.05) is 23.7 Å². The van der Waals surface area contributed by atoms with Crippen LogP contribution in [0.25, 0.3) is 10.9 Å². The Kier molecular flexibility index (Phi) is 4.72. The maximum absolute atomic E-state index is 13.3. The third kappa shape index (κ3) is 3.49. The maximum atomic E-state index is 13.3. The van der Waals surface area contributed by atoms with E-state index in [0.29, 0.717) is 21.6 Å². The number of anilines is 1. The molecule has 3 aromatic rings. The number of carbonyl (C=O) groups is 2. The van der Waals surface area contributed by atoms with Crippen LogP contribution in [0.5, 0.6) is 0 Å². The van der Waals surface area contributed by atoms with Gasteiger partial charge in [0.25, 0.3) is 0 Å². The highest BCUT2D eigenvalue weighted by Crippen LogP contribution is 2.30. The van der Waals surface area contributed by atoms with E-state index in [0.717, 1.165) is 0 Å². The maximum Gasteiger partial charge on any atom is 0.356 e. The van der Waals surface area contributed by atoms with Gasteiger partial charge in [-0.05, 0) is 30.3 Å². The number of benzene rings is 2. The summed E-state index contributed by atoms with van der Waals surface area (Å²) >= 11 is 5.97. The predicted octanol–water partition coefficient (Wildman–Crippen LogP) is 4.04. The molecule has 128 valence electrons. The van der Waals surface area contributed by atoms with Crippen molar-refractivity contribution in [2.24, 2.45) is 0 Å². The topological polar surface area (TPSA) is 71.2 Å². The van der Waals surface area contributed by atoms with Crippen molar-refractivity contribution < 1.29 is 18.7 Å². The van der Waals surface area contributed by atoms with E-state index in [1.807, 2.05) is 0 Å². The number of Topliss-reactive ketones (excluding diaryl/α,β-unsaturated/α-hetero) is 1. The zero-order valence-electron chi connectivity index (χ0n) is 13.2. The van der Waals surface area contributed by atoms with Gasteiger partial charge in [0.05, 0.1) is 19.3 Å². The molecule has 1 heterocycles. The summed E-state index contributed by atoms with van der Waals surface area (Å²) in [7, 11) is 1.27. The summed E-state index contributed by atoms with van der Waals surface area (Å²) in [6.07, 6.45) is 0. The van der Waals surface area contributed by atoms with Crippen molar-refractivity contribution in [2.75, 3.05) is 19.0 Å². The van der Waals surface area contributed by atoms with Gasteiger partial charge in [0.2, 0.25) is 0 Å². The molecule has 0 spiro atoms. The van der Waals surface area contributed by atoms with Crippen LogP contribution >= 0.6 is 11.6 Å². The van der Waals surface area contributed by atoms with Crippen molar-refractivity contribution in [1.29, 1.82) is 0 Å². The normalized spacial score (nSPS) is 10.7. The molecule has 0 aliphatic carbocycles. The lowest BCUT2D eigenvalue weighted by Crippen LogP contribution is -2.16. The zero-order valence-corrected chi connectivity index (χ0v) is 14.0. The zero-order chi connectivity index (χ0) is 18.0. The van der Waals surface area contributed by atoms with Gasteiger partial charge in [0.1, 0.15) is 11.5 Å². The van der Waals surface area contributed by atoms with Crippen LogP contribution in [0.1, 0.15) is 20.8 Å². The number of fused-ring (bicyclic) bond motifs is 1. The number of hydrogen-bond donors (Lipinski definition) is 2. The first-order valence-electron chi connectivity index (χ1n) is 7.42. The summed E-state index contributed by atoms with van der Waals surface area (Å²) in [6.45, 7) is -0.108. The molecule has 0 bridgehead atoms. The Bertz CT molecular complexity index is 968. The molecule has 0 amide bonds. The number of esters is 1. The monoisotopic (exact) mass is 360 g/mol. The first-order valence-corrected chi connectivity index (χ1v) is 7.79. The summed E-state index contributed by atoms with van der Waals surface area (Å²) < 4.78 is 18.0. The fourth-order valence-electron chi connectivity index (χ4n) is 2.54. The van der Waals surface area contributed by atoms with Crippen molar-refractivity contribution in [1.82, 2.24) is 4.98 Å². The van der Waals surface area contributed by atoms with E-state index in [-0.39, 0.29) is 23.6 Å². The standard InChI is InChI=1S/C18H14ClFN2O3/c1-25-18(24)17-16(13-6-5-11(19)8-14(13)22-17)21-9-15(23)10-3-2-4-12(20)7-10/h2-8,21-22H,9H2,1H3. The number of ketones is 1. The van der Waals surface area contributed by atoms with E-state index in [1.54, 1.807) is 18.2 Å². The summed E-state index contributed by atoms with van der Waals surface area (Å²) in [5.41, 5.74) is 1.50. The number of rotatable bonds is 5. The Labute approximate surface area is 147 Å². The molecule has 7 heteroatoms. The molecule has 0 unspecified atom stereocenters. The lowest BCUT2D eigenvalue weighted by Gasteiger charge is -2.07. The molecule has 0 radical (unpaired) electrons. The van der Waals surface area contributed by atoms with E-state index in [4.69, 9.17) is 16.3 Å². The number of methoxy groups -OCH3 is 1. The second-order valence-electron chi connectivity index (χ2n) is 5.34. The molecule has 0 saturated carbocycles. The van der Waals surface area contributed by atoms with Crippen LogP contribution in [-0.2, 0) is 4.74 Å². The number of hydrogen-bond acceptors (Lipinski definition) is 4. The van der Waals surface area contributed by atoms with Crippen molar-refractivity contribution >= 4 is 39.9 Å². The van der Waals surface area contributed by atoms with Gasteiger partial charge < -0.3 is 15.0 Å². The SMILES string of the molecule is COC(=O)c1[nH]c2cc(Cl)ccc2c1NCC(=O)c1cccc(F)c1. The largest absolute Gasteiger partial charge is 0.464 e. The van der Waals surface area contributed by atoms with Gasteiger partial charge >= 0.3 is 5.97 Å². The van der Waals surface area contributed by atoms with Crippen LogP contribution < -0.4 is 5.32 Å². The average molecular weight is 361 g/mol. The molecule has 0 aliphatic heterocycles. The highest BCUT2D eigenvalue weighted by molar-refractivity contribution is 6.31. The number of halogens is 2. The third-order valence-electron chi connectivity index (χ3n) is 3.72. The molecule has 25 heavy (non-hydrogen) atoms. The lowest BCUT2D eigenvalue weighted by molar-refractivity contribution is 0.0596. The highest BCUT2D eigenvalue weighted by Gasteiger charge is 2.19. The molecule has 0 fully saturated rings. The average Bonchev–Trinajstić information content (AvgIpc) is 2.96. The predicted molar refractivity (Wildman–Crippen MR) is 93.9 cm³/mol. The van der Waals surface area contributed by atoms with Crippen molar-refractivity contribution in [2.45, 2.75) is 0 Å². The molecule has 2 N–H and O–H groups in total. The second kappa shape index (κ2) is 6.94. The van der Waals surface area contributed by atoms with Crippen LogP contribution in [0.2, 0.25) is 5.02 Å². The first kappa shape index (κ1) is 17.0. The molecular weight excluding hydrogens is 347 g/mol. The van der Waals surface area contributed by atoms with E-state index >= 15 is 0 Å². The lowest BCUT2D eigenvalue weighted by atomic mass is 10.1. The molecule has 2 aromatic carbocycles. The fraction of sp³-hybridized carbons (Fsp3) is 0.111. The molecule has 0 saturated heterocycles. The summed E-state index contributed by atoms with van der Waals surface area (Å²) in [5.74, 6) is -1.37. The quantitative estimate of drug-likeness (QED) is 0.532. The Hall–Kier alpha value is -2.86. The number of aromatic amines is 1. The van der Waals surface area contributed by atoms with E-state index in [1.165, 1.54) is 31.4 Å². The Morgan fingerprint density at radius 3 is 2.76 bits per heavy atom. The molecule has 0 aliphatic rings. The minimum absolute atomic E-state index is 0.108. The van der Waals surface area contributed by atoms with Crippen LogP contribution in [0.4, 0.5) is 10.1 Å². The Balaban J connectivity index is 1.92. The molecule has 0 atom stereocenters. The van der Waals surface area contributed by atoms with Crippen molar-refractivity contribution in [3.8, 4) is 0 Å². The van der Waals surface area contributed by atoms with Crippen molar-refractivity contribution in [3.05, 3.63) is 64.6 Å². The van der Waals surface area contributed by atoms with Gasteiger partial charge in [-0.3, -0.25) is 4.79 Å². The van der Waals surface area contributed by atoms with Gasteiger partial charge in [0, 0.05) is 21.5 Å². The van der Waals surface area contributed by atoms with Gasteiger partial charge in [-0.2, -0.15) is 0 Å². The van der Waals surface area contributed by atoms with Crippen LogP contribution in [0.15, 0.2) is 42.5 Å². The fourth-order valence-corrected chi connectivity index (χ4v) is 2.71. The van der Waals surface area contributed by atoms with Gasteiger partial charge in [-0.15, -0.1) is 0 Å². The van der Waals surface area contributed by atoms with Crippen LogP contribution in [0.3, 0.4) is 0 Å². The number of nitrogens with one attached hydrogen (secondary N) is 2. The number of ether oxygens (including phenoxy) is 1.